The van der Waals surface area contributed by atoms with Gasteiger partial charge in [-0.2, -0.15) is 0 Å². The highest BCUT2D eigenvalue weighted by molar-refractivity contribution is 5.93. The van der Waals surface area contributed by atoms with E-state index < -0.39 is 0 Å². The first-order valence-corrected chi connectivity index (χ1v) is 5.42. The Hall–Kier alpha value is -1.39. The summed E-state index contributed by atoms with van der Waals surface area (Å²) in [6.45, 7) is 0.676. The number of aliphatic hydroxyl groups is 1. The van der Waals surface area contributed by atoms with Crippen molar-refractivity contribution in [3.8, 4) is 0 Å². The second-order valence-electron chi connectivity index (χ2n) is 3.43. The van der Waals surface area contributed by atoms with Crippen LogP contribution in [0.1, 0.15) is 29.6 Å². The van der Waals surface area contributed by atoms with Gasteiger partial charge in [-0.15, -0.1) is 0 Å². The van der Waals surface area contributed by atoms with Crippen molar-refractivity contribution in [3.05, 3.63) is 35.9 Å². The first-order valence-electron chi connectivity index (χ1n) is 5.42. The van der Waals surface area contributed by atoms with Crippen molar-refractivity contribution >= 4 is 5.91 Å². The molecule has 0 aliphatic rings. The number of carbonyl (C=O) groups is 1. The van der Waals surface area contributed by atoms with E-state index in [-0.39, 0.29) is 12.5 Å². The van der Waals surface area contributed by atoms with Gasteiger partial charge in [-0.1, -0.05) is 18.2 Å². The summed E-state index contributed by atoms with van der Waals surface area (Å²) in [4.78, 5) is 16.5. The third-order valence-corrected chi connectivity index (χ3v) is 2.11. The lowest BCUT2D eigenvalue weighted by atomic mass is 10.2. The molecule has 1 aromatic rings. The average Bonchev–Trinajstić information content (AvgIpc) is 2.34. The zero-order chi connectivity index (χ0) is 11.6. The number of rotatable bonds is 7. The van der Waals surface area contributed by atoms with E-state index in [0.717, 1.165) is 19.3 Å². The van der Waals surface area contributed by atoms with Crippen molar-refractivity contribution < 1.29 is 14.7 Å². The summed E-state index contributed by atoms with van der Waals surface area (Å²) in [5.41, 5.74) is 2.96. The molecule has 16 heavy (non-hydrogen) atoms. The second-order valence-corrected chi connectivity index (χ2v) is 3.43. The summed E-state index contributed by atoms with van der Waals surface area (Å²) < 4.78 is 0. The highest BCUT2D eigenvalue weighted by atomic mass is 16.6. The first kappa shape index (κ1) is 12.7. The molecule has 0 saturated carbocycles. The van der Waals surface area contributed by atoms with Crippen LogP contribution in [-0.4, -0.2) is 24.2 Å². The number of benzene rings is 1. The van der Waals surface area contributed by atoms with Crippen LogP contribution in [0.2, 0.25) is 0 Å². The van der Waals surface area contributed by atoms with Gasteiger partial charge in [0, 0.05) is 12.2 Å². The van der Waals surface area contributed by atoms with Gasteiger partial charge in [-0.25, -0.2) is 5.48 Å². The predicted molar refractivity (Wildman–Crippen MR) is 60.8 cm³/mol. The molecule has 0 spiro atoms. The predicted octanol–water partition coefficient (Wildman–Crippen LogP) is 1.51. The van der Waals surface area contributed by atoms with Gasteiger partial charge in [0.25, 0.3) is 5.91 Å². The van der Waals surface area contributed by atoms with Crippen molar-refractivity contribution in [2.24, 2.45) is 0 Å². The molecule has 1 aromatic carbocycles. The lowest BCUT2D eigenvalue weighted by molar-refractivity contribution is 0.0295. The normalized spacial score (nSPS) is 10.1. The molecule has 0 radical (unpaired) electrons. The van der Waals surface area contributed by atoms with E-state index in [4.69, 9.17) is 9.94 Å². The minimum absolute atomic E-state index is 0.205. The molecule has 4 nitrogen and oxygen atoms in total. The minimum atomic E-state index is -0.234. The number of carbonyl (C=O) groups excluding carboxylic acids is 1. The molecule has 2 N–H and O–H groups in total. The van der Waals surface area contributed by atoms with E-state index in [0.29, 0.717) is 12.2 Å². The van der Waals surface area contributed by atoms with E-state index in [2.05, 4.69) is 5.48 Å². The number of hydrogen-bond acceptors (Lipinski definition) is 3. The molecule has 0 fully saturated rings. The van der Waals surface area contributed by atoms with Crippen molar-refractivity contribution in [2.45, 2.75) is 19.3 Å². The van der Waals surface area contributed by atoms with Crippen LogP contribution in [0.5, 0.6) is 0 Å². The van der Waals surface area contributed by atoms with Crippen LogP contribution in [0.4, 0.5) is 0 Å². The summed E-state index contributed by atoms with van der Waals surface area (Å²) in [6, 6.07) is 8.91. The number of nitrogens with one attached hydrogen (secondary N) is 1. The number of amides is 1. The lowest BCUT2D eigenvalue weighted by Gasteiger charge is -2.05. The van der Waals surface area contributed by atoms with Crippen LogP contribution in [0, 0.1) is 0 Å². The summed E-state index contributed by atoms with van der Waals surface area (Å²) in [7, 11) is 0. The number of hydrogen-bond donors (Lipinski definition) is 2. The van der Waals surface area contributed by atoms with Gasteiger partial charge in [-0.05, 0) is 31.4 Å². The molecule has 0 aliphatic heterocycles. The summed E-state index contributed by atoms with van der Waals surface area (Å²) in [5, 5.41) is 8.55. The van der Waals surface area contributed by atoms with E-state index in [9.17, 15) is 4.79 Å². The number of unbranched alkanes of at least 4 members (excludes halogenated alkanes) is 2. The quantitative estimate of drug-likeness (QED) is 0.544. The van der Waals surface area contributed by atoms with Crippen molar-refractivity contribution in [3.63, 3.8) is 0 Å². The highest BCUT2D eigenvalue weighted by Gasteiger charge is 2.02. The van der Waals surface area contributed by atoms with E-state index in [1.54, 1.807) is 24.3 Å². The van der Waals surface area contributed by atoms with E-state index >= 15 is 0 Å². The standard InChI is InChI=1S/C12H17NO3/c14-9-5-2-6-10-16-13-12(15)11-7-3-1-4-8-11/h1,3-4,7-8,14H,2,5-6,9-10H2,(H,13,15). The van der Waals surface area contributed by atoms with Gasteiger partial charge in [0.2, 0.25) is 0 Å². The van der Waals surface area contributed by atoms with Crippen LogP contribution < -0.4 is 5.48 Å². The van der Waals surface area contributed by atoms with Gasteiger partial charge in [0.1, 0.15) is 0 Å². The Morgan fingerprint density at radius 1 is 1.19 bits per heavy atom. The molecule has 1 amide bonds. The molecule has 1 rings (SSSR count). The molecular formula is C12H17NO3. The van der Waals surface area contributed by atoms with Crippen LogP contribution in [0.15, 0.2) is 30.3 Å². The molecule has 88 valence electrons. The van der Waals surface area contributed by atoms with Gasteiger partial charge in [0.15, 0.2) is 0 Å². The number of aliphatic hydroxyl groups excluding tert-OH is 1. The Morgan fingerprint density at radius 3 is 2.62 bits per heavy atom. The average molecular weight is 223 g/mol. The van der Waals surface area contributed by atoms with Crippen LogP contribution in [0.25, 0.3) is 0 Å². The van der Waals surface area contributed by atoms with Gasteiger partial charge in [0.05, 0.1) is 6.61 Å². The smallest absolute Gasteiger partial charge is 0.274 e. The highest BCUT2D eigenvalue weighted by Crippen LogP contribution is 1.98. The fraction of sp³-hybridized carbons (Fsp3) is 0.417. The SMILES string of the molecule is O=C(NOCCCCCO)c1ccccc1. The van der Waals surface area contributed by atoms with Gasteiger partial charge in [-0.3, -0.25) is 9.63 Å². The molecular weight excluding hydrogens is 206 g/mol. The Kier molecular flexibility index (Phi) is 6.22. The fourth-order valence-corrected chi connectivity index (χ4v) is 1.23. The van der Waals surface area contributed by atoms with Crippen LogP contribution in [-0.2, 0) is 4.84 Å². The monoisotopic (exact) mass is 223 g/mol. The van der Waals surface area contributed by atoms with Gasteiger partial charge < -0.3 is 5.11 Å². The van der Waals surface area contributed by atoms with Crippen LogP contribution in [0.3, 0.4) is 0 Å². The fourth-order valence-electron chi connectivity index (χ4n) is 1.23. The molecule has 0 aliphatic carbocycles. The van der Waals surface area contributed by atoms with Gasteiger partial charge >= 0.3 is 0 Å². The summed E-state index contributed by atoms with van der Waals surface area (Å²) in [5.74, 6) is -0.234. The Labute approximate surface area is 95.2 Å². The summed E-state index contributed by atoms with van der Waals surface area (Å²) >= 11 is 0. The molecule has 4 heteroatoms. The third kappa shape index (κ3) is 4.91. The third-order valence-electron chi connectivity index (χ3n) is 2.11. The number of hydroxylamine groups is 1. The maximum absolute atomic E-state index is 11.5. The molecule has 0 atom stereocenters. The minimum Gasteiger partial charge on any atom is -0.396 e. The zero-order valence-corrected chi connectivity index (χ0v) is 9.19. The lowest BCUT2D eigenvalue weighted by Crippen LogP contribution is -2.24. The van der Waals surface area contributed by atoms with Crippen molar-refractivity contribution in [1.82, 2.24) is 5.48 Å². The van der Waals surface area contributed by atoms with Crippen LogP contribution >= 0.6 is 0 Å². The Balaban J connectivity index is 2.12. The largest absolute Gasteiger partial charge is 0.396 e. The first-order chi connectivity index (χ1) is 7.84. The molecule has 0 bridgehead atoms. The van der Waals surface area contributed by atoms with Crippen molar-refractivity contribution in [2.75, 3.05) is 13.2 Å². The molecule has 0 unspecified atom stereocenters. The molecule has 0 heterocycles. The Morgan fingerprint density at radius 2 is 1.94 bits per heavy atom. The zero-order valence-electron chi connectivity index (χ0n) is 9.19. The maximum Gasteiger partial charge on any atom is 0.274 e. The Bertz CT molecular complexity index is 300. The second kappa shape index (κ2) is 7.84. The van der Waals surface area contributed by atoms with E-state index in [1.807, 2.05) is 6.07 Å². The summed E-state index contributed by atoms with van der Waals surface area (Å²) in [6.07, 6.45) is 2.50. The molecule has 0 saturated heterocycles. The van der Waals surface area contributed by atoms with Crippen molar-refractivity contribution in [1.29, 1.82) is 0 Å². The topological polar surface area (TPSA) is 58.6 Å². The molecule has 0 aromatic heterocycles. The maximum atomic E-state index is 11.5. The van der Waals surface area contributed by atoms with E-state index in [1.165, 1.54) is 0 Å².